The standard InChI is InChI=1S/C13H11BrClN3O/c14-9-3-2-8(6-10(9)15)18-12-4-1-7(13(17)19)5-11(12)16/h1-6,18H,16H2,(H2,17,19). The monoisotopic (exact) mass is 339 g/mol. The Bertz CT molecular complexity index is 646. The lowest BCUT2D eigenvalue weighted by Crippen LogP contribution is -2.11. The van der Waals surface area contributed by atoms with Gasteiger partial charge < -0.3 is 16.8 Å². The van der Waals surface area contributed by atoms with Gasteiger partial charge in [-0.3, -0.25) is 4.79 Å². The number of nitrogen functional groups attached to an aromatic ring is 1. The Kier molecular flexibility index (Phi) is 3.97. The number of amides is 1. The lowest BCUT2D eigenvalue weighted by molar-refractivity contribution is 0.100. The van der Waals surface area contributed by atoms with E-state index in [2.05, 4.69) is 21.2 Å². The van der Waals surface area contributed by atoms with Crippen molar-refractivity contribution in [1.29, 1.82) is 0 Å². The van der Waals surface area contributed by atoms with Gasteiger partial charge in [0.05, 0.1) is 16.4 Å². The molecule has 0 aromatic heterocycles. The number of primary amides is 1. The van der Waals surface area contributed by atoms with Crippen LogP contribution in [0, 0.1) is 0 Å². The van der Waals surface area contributed by atoms with Crippen LogP contribution in [0.2, 0.25) is 5.02 Å². The number of nitrogens with two attached hydrogens (primary N) is 2. The Morgan fingerprint density at radius 3 is 2.53 bits per heavy atom. The Balaban J connectivity index is 2.28. The molecule has 0 saturated heterocycles. The highest BCUT2D eigenvalue weighted by molar-refractivity contribution is 9.10. The third-order valence-electron chi connectivity index (χ3n) is 2.53. The van der Waals surface area contributed by atoms with Crippen molar-refractivity contribution in [3.8, 4) is 0 Å². The second-order valence-corrected chi connectivity index (χ2v) is 5.18. The van der Waals surface area contributed by atoms with E-state index >= 15 is 0 Å². The zero-order chi connectivity index (χ0) is 14.0. The topological polar surface area (TPSA) is 81.1 Å². The first-order valence-corrected chi connectivity index (χ1v) is 6.56. The van der Waals surface area contributed by atoms with Crippen LogP contribution in [0.25, 0.3) is 0 Å². The number of halogens is 2. The minimum atomic E-state index is -0.509. The maximum Gasteiger partial charge on any atom is 0.248 e. The van der Waals surface area contributed by atoms with Crippen LogP contribution in [0.4, 0.5) is 17.1 Å². The molecule has 0 aliphatic heterocycles. The van der Waals surface area contributed by atoms with Crippen LogP contribution >= 0.6 is 27.5 Å². The minimum Gasteiger partial charge on any atom is -0.397 e. The number of carbonyl (C=O) groups is 1. The molecule has 0 fully saturated rings. The normalized spacial score (nSPS) is 10.2. The van der Waals surface area contributed by atoms with Crippen molar-refractivity contribution in [1.82, 2.24) is 0 Å². The molecule has 0 radical (unpaired) electrons. The van der Waals surface area contributed by atoms with Crippen LogP contribution in [0.5, 0.6) is 0 Å². The number of benzene rings is 2. The lowest BCUT2D eigenvalue weighted by atomic mass is 10.1. The van der Waals surface area contributed by atoms with Crippen LogP contribution in [0.1, 0.15) is 10.4 Å². The van der Waals surface area contributed by atoms with E-state index in [0.29, 0.717) is 22.0 Å². The van der Waals surface area contributed by atoms with Crippen molar-refractivity contribution in [2.45, 2.75) is 0 Å². The Labute approximate surface area is 123 Å². The molecule has 6 heteroatoms. The van der Waals surface area contributed by atoms with Crippen LogP contribution in [0.3, 0.4) is 0 Å². The number of nitrogens with one attached hydrogen (secondary N) is 1. The van der Waals surface area contributed by atoms with E-state index in [-0.39, 0.29) is 0 Å². The summed E-state index contributed by atoms with van der Waals surface area (Å²) in [5, 5.41) is 3.72. The van der Waals surface area contributed by atoms with Gasteiger partial charge in [0.1, 0.15) is 0 Å². The first-order valence-electron chi connectivity index (χ1n) is 5.39. The smallest absolute Gasteiger partial charge is 0.248 e. The van der Waals surface area contributed by atoms with Crippen LogP contribution in [-0.4, -0.2) is 5.91 Å². The maximum atomic E-state index is 11.0. The summed E-state index contributed by atoms with van der Waals surface area (Å²) in [5.41, 5.74) is 13.3. The predicted octanol–water partition coefficient (Wildman–Crippen LogP) is 3.53. The fourth-order valence-electron chi connectivity index (χ4n) is 1.56. The van der Waals surface area contributed by atoms with Crippen LogP contribution < -0.4 is 16.8 Å². The molecule has 98 valence electrons. The van der Waals surface area contributed by atoms with E-state index in [1.165, 1.54) is 6.07 Å². The quantitative estimate of drug-likeness (QED) is 0.748. The molecule has 0 heterocycles. The van der Waals surface area contributed by atoms with Crippen LogP contribution in [0.15, 0.2) is 40.9 Å². The van der Waals surface area contributed by atoms with Gasteiger partial charge in [-0.05, 0) is 52.3 Å². The summed E-state index contributed by atoms with van der Waals surface area (Å²) < 4.78 is 0.816. The van der Waals surface area contributed by atoms with Gasteiger partial charge in [0.15, 0.2) is 0 Å². The van der Waals surface area contributed by atoms with E-state index in [1.807, 2.05) is 12.1 Å². The molecule has 0 atom stereocenters. The second-order valence-electron chi connectivity index (χ2n) is 3.92. The molecule has 19 heavy (non-hydrogen) atoms. The SMILES string of the molecule is NC(=O)c1ccc(Nc2ccc(Br)c(Cl)c2)c(N)c1. The molecule has 0 aliphatic rings. The number of hydrogen-bond donors (Lipinski definition) is 3. The molecule has 1 amide bonds. The lowest BCUT2D eigenvalue weighted by Gasteiger charge is -2.11. The summed E-state index contributed by atoms with van der Waals surface area (Å²) in [6.07, 6.45) is 0. The Hall–Kier alpha value is -1.72. The van der Waals surface area contributed by atoms with E-state index in [9.17, 15) is 4.79 Å². The van der Waals surface area contributed by atoms with Crippen molar-refractivity contribution in [2.24, 2.45) is 5.73 Å². The molecule has 5 N–H and O–H groups in total. The minimum absolute atomic E-state index is 0.372. The summed E-state index contributed by atoms with van der Waals surface area (Å²) >= 11 is 9.33. The van der Waals surface area contributed by atoms with Crippen molar-refractivity contribution in [3.63, 3.8) is 0 Å². The molecule has 0 aliphatic carbocycles. The van der Waals surface area contributed by atoms with Gasteiger partial charge in [-0.1, -0.05) is 11.6 Å². The fourth-order valence-corrected chi connectivity index (χ4v) is 1.99. The molecule has 2 aromatic rings. The summed E-state index contributed by atoms with van der Waals surface area (Å²) in [4.78, 5) is 11.0. The van der Waals surface area contributed by atoms with Gasteiger partial charge in [-0.15, -0.1) is 0 Å². The molecule has 4 nitrogen and oxygen atoms in total. The molecule has 2 rings (SSSR count). The molecule has 2 aromatic carbocycles. The van der Waals surface area contributed by atoms with Crippen molar-refractivity contribution >= 4 is 50.5 Å². The zero-order valence-corrected chi connectivity index (χ0v) is 12.1. The van der Waals surface area contributed by atoms with Gasteiger partial charge >= 0.3 is 0 Å². The third kappa shape index (κ3) is 3.19. The van der Waals surface area contributed by atoms with Gasteiger partial charge in [0.2, 0.25) is 5.91 Å². The highest BCUT2D eigenvalue weighted by Crippen LogP contribution is 2.29. The van der Waals surface area contributed by atoms with Gasteiger partial charge in [0, 0.05) is 15.7 Å². The largest absolute Gasteiger partial charge is 0.397 e. The third-order valence-corrected chi connectivity index (χ3v) is 3.77. The second kappa shape index (κ2) is 5.50. The molecule has 0 spiro atoms. The Morgan fingerprint density at radius 2 is 1.95 bits per heavy atom. The van der Waals surface area contributed by atoms with Crippen molar-refractivity contribution in [2.75, 3.05) is 11.1 Å². The number of anilines is 3. The first kappa shape index (κ1) is 13.7. The van der Waals surface area contributed by atoms with E-state index in [0.717, 1.165) is 10.2 Å². The summed E-state index contributed by atoms with van der Waals surface area (Å²) in [6.45, 7) is 0. The van der Waals surface area contributed by atoms with E-state index in [1.54, 1.807) is 18.2 Å². The summed E-state index contributed by atoms with van der Waals surface area (Å²) in [5.74, 6) is -0.509. The van der Waals surface area contributed by atoms with Gasteiger partial charge in [-0.2, -0.15) is 0 Å². The highest BCUT2D eigenvalue weighted by Gasteiger charge is 2.06. The number of carbonyl (C=O) groups excluding carboxylic acids is 1. The average Bonchev–Trinajstić information content (AvgIpc) is 2.36. The number of rotatable bonds is 3. The number of hydrogen-bond acceptors (Lipinski definition) is 3. The van der Waals surface area contributed by atoms with E-state index < -0.39 is 5.91 Å². The molecular weight excluding hydrogens is 330 g/mol. The van der Waals surface area contributed by atoms with Crippen LogP contribution in [-0.2, 0) is 0 Å². The average molecular weight is 341 g/mol. The van der Waals surface area contributed by atoms with Crippen molar-refractivity contribution < 1.29 is 4.79 Å². The maximum absolute atomic E-state index is 11.0. The zero-order valence-electron chi connectivity index (χ0n) is 9.78. The molecule has 0 bridgehead atoms. The highest BCUT2D eigenvalue weighted by atomic mass is 79.9. The van der Waals surface area contributed by atoms with Gasteiger partial charge in [-0.25, -0.2) is 0 Å². The Morgan fingerprint density at radius 1 is 1.21 bits per heavy atom. The van der Waals surface area contributed by atoms with Gasteiger partial charge in [0.25, 0.3) is 0 Å². The van der Waals surface area contributed by atoms with Crippen molar-refractivity contribution in [3.05, 3.63) is 51.5 Å². The predicted molar refractivity (Wildman–Crippen MR) is 81.8 cm³/mol. The molecule has 0 unspecified atom stereocenters. The summed E-state index contributed by atoms with van der Waals surface area (Å²) in [6, 6.07) is 10.3. The molecular formula is C13H11BrClN3O. The fraction of sp³-hybridized carbons (Fsp3) is 0. The first-order chi connectivity index (χ1) is 8.97. The summed E-state index contributed by atoms with van der Waals surface area (Å²) in [7, 11) is 0. The molecule has 0 saturated carbocycles. The van der Waals surface area contributed by atoms with E-state index in [4.69, 9.17) is 23.1 Å².